The molecule has 1 aliphatic carbocycles. The topological polar surface area (TPSA) is 86.7 Å². The van der Waals surface area contributed by atoms with Gasteiger partial charge in [-0.25, -0.2) is 0 Å². The highest BCUT2D eigenvalue weighted by Gasteiger charge is 2.53. The van der Waals surface area contributed by atoms with Gasteiger partial charge in [-0.1, -0.05) is 50.8 Å². The van der Waals surface area contributed by atoms with Gasteiger partial charge < -0.3 is 33.7 Å². The van der Waals surface area contributed by atoms with E-state index in [0.717, 1.165) is 35.6 Å². The zero-order valence-corrected chi connectivity index (χ0v) is 26.1. The number of benzene rings is 2. The lowest BCUT2D eigenvalue weighted by molar-refractivity contribution is -0.162. The van der Waals surface area contributed by atoms with Gasteiger partial charge in [-0.3, -0.25) is 4.79 Å². The molecule has 0 spiro atoms. The van der Waals surface area contributed by atoms with Crippen LogP contribution in [0.25, 0.3) is 0 Å². The van der Waals surface area contributed by atoms with E-state index in [1.165, 1.54) is 14.2 Å². The lowest BCUT2D eigenvalue weighted by Crippen LogP contribution is -2.48. The number of methoxy groups -OCH3 is 2. The van der Waals surface area contributed by atoms with Gasteiger partial charge in [0.15, 0.2) is 24.0 Å². The molecule has 0 bridgehead atoms. The maximum Gasteiger partial charge on any atom is 0.256 e. The first-order valence-corrected chi connectivity index (χ1v) is 18.0. The normalized spacial score (nSPS) is 18.6. The first kappa shape index (κ1) is 30.7. The maximum atomic E-state index is 13.7. The van der Waals surface area contributed by atoms with Crippen molar-refractivity contribution >= 4 is 14.0 Å². The van der Waals surface area contributed by atoms with Crippen LogP contribution in [0.5, 0.6) is 23.0 Å². The van der Waals surface area contributed by atoms with E-state index in [0.29, 0.717) is 42.4 Å². The molecule has 1 heterocycles. The van der Waals surface area contributed by atoms with Gasteiger partial charge in [0.2, 0.25) is 5.75 Å². The van der Waals surface area contributed by atoms with E-state index in [-0.39, 0.29) is 25.1 Å². The standard InChI is InChI=1S/C32H43NO7Si/c1-7-16-33-31(35)26-10-8-9-11-27(26)32(33,40-21-23-19-28(36-2)30(34)29(20-23)37-3)24-12-14-25(15-13-24)39-22-38-17-18-41(4,5)6/h8,10,12-15,19-20,34H,7,9,11,16-18,21-22H2,1-6H3. The zero-order chi connectivity index (χ0) is 29.6. The summed E-state index contributed by atoms with van der Waals surface area (Å²) in [5.74, 6) is 1.17. The highest BCUT2D eigenvalue weighted by Crippen LogP contribution is 2.49. The fraction of sp³-hybridized carbons (Fsp3) is 0.469. The molecule has 0 fully saturated rings. The Morgan fingerprint density at radius 2 is 1.73 bits per heavy atom. The second-order valence-electron chi connectivity index (χ2n) is 11.6. The summed E-state index contributed by atoms with van der Waals surface area (Å²) in [6.07, 6.45) is 6.29. The summed E-state index contributed by atoms with van der Waals surface area (Å²) >= 11 is 0. The number of hydrogen-bond donors (Lipinski definition) is 1. The monoisotopic (exact) mass is 581 g/mol. The van der Waals surface area contributed by atoms with Crippen LogP contribution in [-0.2, 0) is 26.6 Å². The van der Waals surface area contributed by atoms with Crippen LogP contribution >= 0.6 is 0 Å². The number of phenols is 1. The van der Waals surface area contributed by atoms with Gasteiger partial charge in [0.1, 0.15) is 5.75 Å². The van der Waals surface area contributed by atoms with Crippen LogP contribution in [0.2, 0.25) is 25.7 Å². The van der Waals surface area contributed by atoms with Crippen molar-refractivity contribution in [1.29, 1.82) is 0 Å². The smallest absolute Gasteiger partial charge is 0.256 e. The van der Waals surface area contributed by atoms with Crippen LogP contribution in [-0.4, -0.2) is 58.2 Å². The van der Waals surface area contributed by atoms with E-state index in [4.69, 9.17) is 23.7 Å². The molecule has 1 atom stereocenters. The molecule has 4 rings (SSSR count). The molecule has 0 saturated carbocycles. The molecular weight excluding hydrogens is 538 g/mol. The molecule has 1 unspecified atom stereocenters. The van der Waals surface area contributed by atoms with Crippen molar-refractivity contribution in [2.45, 2.75) is 64.2 Å². The molecule has 2 aliphatic rings. The largest absolute Gasteiger partial charge is 0.502 e. The molecule has 2 aromatic rings. The number of rotatable bonds is 14. The number of hydrogen-bond acceptors (Lipinski definition) is 7. The van der Waals surface area contributed by atoms with E-state index >= 15 is 0 Å². The highest BCUT2D eigenvalue weighted by atomic mass is 28.3. The fourth-order valence-electron chi connectivity index (χ4n) is 5.27. The molecule has 0 saturated heterocycles. The Kier molecular flexibility index (Phi) is 9.83. The molecule has 222 valence electrons. The summed E-state index contributed by atoms with van der Waals surface area (Å²) in [7, 11) is 1.82. The Labute approximate surface area is 244 Å². The minimum atomic E-state index is -1.16. The Bertz CT molecular complexity index is 1260. The predicted molar refractivity (Wildman–Crippen MR) is 161 cm³/mol. The molecule has 1 amide bonds. The molecule has 9 heteroatoms. The third-order valence-corrected chi connectivity index (χ3v) is 9.12. The van der Waals surface area contributed by atoms with Gasteiger partial charge in [-0.15, -0.1) is 0 Å². The van der Waals surface area contributed by atoms with E-state index in [9.17, 15) is 9.90 Å². The van der Waals surface area contributed by atoms with Crippen molar-refractivity contribution in [3.63, 3.8) is 0 Å². The summed E-state index contributed by atoms with van der Waals surface area (Å²) < 4.78 is 29.1. The molecule has 8 nitrogen and oxygen atoms in total. The van der Waals surface area contributed by atoms with Crippen molar-refractivity contribution in [1.82, 2.24) is 4.90 Å². The molecule has 2 aromatic carbocycles. The summed E-state index contributed by atoms with van der Waals surface area (Å²) in [6.45, 7) is 10.6. The van der Waals surface area contributed by atoms with Crippen LogP contribution in [0.15, 0.2) is 59.7 Å². The number of ether oxygens (including phenoxy) is 5. The SMILES string of the molecule is CCCN1C(=O)C2=C(CCC=C2)C1(OCc1cc(OC)c(O)c(OC)c1)c1ccc(OCOCC[Si](C)(C)C)cc1. The lowest BCUT2D eigenvalue weighted by Gasteiger charge is -2.41. The minimum Gasteiger partial charge on any atom is -0.502 e. The van der Waals surface area contributed by atoms with Crippen molar-refractivity contribution < 1.29 is 33.6 Å². The molecule has 1 N–H and O–H groups in total. The van der Waals surface area contributed by atoms with E-state index in [2.05, 4.69) is 26.6 Å². The number of amides is 1. The van der Waals surface area contributed by atoms with Gasteiger partial charge in [0.25, 0.3) is 5.91 Å². The molecular formula is C32H43NO7Si. The fourth-order valence-corrected chi connectivity index (χ4v) is 6.03. The van der Waals surface area contributed by atoms with Crippen LogP contribution in [0, 0.1) is 0 Å². The summed E-state index contributed by atoms with van der Waals surface area (Å²) in [6, 6.07) is 12.3. The third kappa shape index (κ3) is 6.63. The predicted octanol–water partition coefficient (Wildman–Crippen LogP) is 6.37. The second kappa shape index (κ2) is 13.1. The Morgan fingerprint density at radius 3 is 2.34 bits per heavy atom. The van der Waals surface area contributed by atoms with Gasteiger partial charge >= 0.3 is 0 Å². The van der Waals surface area contributed by atoms with Gasteiger partial charge in [-0.2, -0.15) is 0 Å². The van der Waals surface area contributed by atoms with Gasteiger partial charge in [0, 0.05) is 32.4 Å². The van der Waals surface area contributed by atoms with Crippen molar-refractivity contribution in [3.05, 3.63) is 70.8 Å². The number of carbonyl (C=O) groups is 1. The lowest BCUT2D eigenvalue weighted by atomic mass is 9.87. The Morgan fingerprint density at radius 1 is 1.05 bits per heavy atom. The number of allylic oxidation sites excluding steroid dienone is 1. The van der Waals surface area contributed by atoms with E-state index < -0.39 is 13.8 Å². The van der Waals surface area contributed by atoms with E-state index in [1.54, 1.807) is 12.1 Å². The second-order valence-corrected chi connectivity index (χ2v) is 17.2. The maximum absolute atomic E-state index is 13.7. The quantitative estimate of drug-likeness (QED) is 0.158. The molecule has 41 heavy (non-hydrogen) atoms. The Balaban J connectivity index is 1.66. The first-order valence-electron chi connectivity index (χ1n) is 14.3. The summed E-state index contributed by atoms with van der Waals surface area (Å²) in [4.78, 5) is 15.6. The number of phenolic OH excluding ortho intramolecular Hbond substituents is 1. The summed E-state index contributed by atoms with van der Waals surface area (Å²) in [5, 5.41) is 10.4. The zero-order valence-electron chi connectivity index (χ0n) is 25.1. The minimum absolute atomic E-state index is 0.0326. The van der Waals surface area contributed by atoms with Crippen molar-refractivity contribution in [2.24, 2.45) is 0 Å². The average Bonchev–Trinajstić information content (AvgIpc) is 3.20. The van der Waals surface area contributed by atoms with Gasteiger partial charge in [0.05, 0.1) is 20.8 Å². The molecule has 0 radical (unpaired) electrons. The van der Waals surface area contributed by atoms with E-state index in [1.807, 2.05) is 41.3 Å². The first-order chi connectivity index (χ1) is 19.6. The number of nitrogens with zero attached hydrogens (tertiary/aromatic N) is 1. The molecule has 0 aromatic heterocycles. The van der Waals surface area contributed by atoms with Gasteiger partial charge in [-0.05, 0) is 60.7 Å². The number of aromatic hydroxyl groups is 1. The molecule has 1 aliphatic heterocycles. The number of carbonyl (C=O) groups excluding carboxylic acids is 1. The van der Waals surface area contributed by atoms with Crippen LogP contribution in [0.3, 0.4) is 0 Å². The summed E-state index contributed by atoms with van der Waals surface area (Å²) in [5.41, 5.74) is 2.17. The average molecular weight is 582 g/mol. The van der Waals surface area contributed by atoms with Crippen LogP contribution in [0.1, 0.15) is 37.3 Å². The Hall–Kier alpha value is -3.27. The van der Waals surface area contributed by atoms with Crippen LogP contribution < -0.4 is 14.2 Å². The van der Waals surface area contributed by atoms with Crippen molar-refractivity contribution in [3.8, 4) is 23.0 Å². The van der Waals surface area contributed by atoms with Crippen LogP contribution in [0.4, 0.5) is 0 Å². The highest BCUT2D eigenvalue weighted by molar-refractivity contribution is 6.76. The van der Waals surface area contributed by atoms with Crippen molar-refractivity contribution in [2.75, 3.05) is 34.2 Å². The third-order valence-electron chi connectivity index (χ3n) is 7.42.